The van der Waals surface area contributed by atoms with Crippen molar-refractivity contribution in [3.05, 3.63) is 206 Å². The van der Waals surface area contributed by atoms with E-state index in [-0.39, 0.29) is 0 Å². The minimum atomic E-state index is 0.594. The molecule has 0 amide bonds. The number of hydrogen-bond acceptors (Lipinski definition) is 5. The summed E-state index contributed by atoms with van der Waals surface area (Å²) < 4.78 is 11.1. The molecule has 0 spiro atoms. The van der Waals surface area contributed by atoms with Gasteiger partial charge in [-0.2, -0.15) is 0 Å². The second kappa shape index (κ2) is 14.0. The number of hydrogen-bond donors (Lipinski definition) is 0. The molecule has 14 aromatic rings. The molecule has 14 rings (SSSR count). The van der Waals surface area contributed by atoms with E-state index in [1.807, 2.05) is 53.8 Å². The first-order valence-corrected chi connectivity index (χ1v) is 22.6. The van der Waals surface area contributed by atoms with Gasteiger partial charge in [0.15, 0.2) is 17.5 Å². The largest absolute Gasteiger partial charge is 0.456 e. The van der Waals surface area contributed by atoms with Crippen molar-refractivity contribution < 1.29 is 4.42 Å². The van der Waals surface area contributed by atoms with Crippen LogP contribution in [0.25, 0.3) is 136 Å². The number of thiophene rings is 1. The third kappa shape index (κ3) is 5.67. The van der Waals surface area contributed by atoms with E-state index in [0.29, 0.717) is 17.5 Å². The molecule has 0 fully saturated rings. The highest BCUT2D eigenvalue weighted by Crippen LogP contribution is 2.46. The molecule has 0 unspecified atom stereocenters. The van der Waals surface area contributed by atoms with Crippen molar-refractivity contribution in [1.82, 2.24) is 19.5 Å². The molecule has 5 nitrogen and oxygen atoms in total. The third-order valence-corrected chi connectivity index (χ3v) is 14.1. The summed E-state index contributed by atoms with van der Waals surface area (Å²) in [5.74, 6) is 1.80. The lowest BCUT2D eigenvalue weighted by Crippen LogP contribution is -2.02. The molecule has 0 bridgehead atoms. The van der Waals surface area contributed by atoms with Crippen LogP contribution in [0.15, 0.2) is 211 Å². The van der Waals surface area contributed by atoms with Gasteiger partial charge < -0.3 is 8.98 Å². The Morgan fingerprint density at radius 2 is 1.02 bits per heavy atom. The Labute approximate surface area is 376 Å². The van der Waals surface area contributed by atoms with E-state index in [0.717, 1.165) is 66.5 Å². The number of furan rings is 1. The molecule has 0 aliphatic carbocycles. The van der Waals surface area contributed by atoms with Crippen molar-refractivity contribution >= 4 is 96.8 Å². The molecule has 302 valence electrons. The Kier molecular flexibility index (Phi) is 7.79. The monoisotopic (exact) mass is 846 g/mol. The van der Waals surface area contributed by atoms with Crippen LogP contribution >= 0.6 is 11.3 Å². The summed E-state index contributed by atoms with van der Waals surface area (Å²) >= 11 is 1.84. The summed E-state index contributed by atoms with van der Waals surface area (Å²) in [4.78, 5) is 15.9. The average Bonchev–Trinajstić information content (AvgIpc) is 4.03. The second-order valence-electron chi connectivity index (χ2n) is 16.8. The quantitative estimate of drug-likeness (QED) is 0.173. The minimum absolute atomic E-state index is 0.594. The minimum Gasteiger partial charge on any atom is -0.456 e. The molecule has 4 heterocycles. The molecule has 65 heavy (non-hydrogen) atoms. The molecule has 0 N–H and O–H groups in total. The van der Waals surface area contributed by atoms with Crippen molar-refractivity contribution in [1.29, 1.82) is 0 Å². The SMILES string of the molecule is c1ccc(-c2nc(-c3ccc4oc5ccccc5c4c3)nc(-c3ccc(-n4c5ccccc5c5cc6ccccc6cc54)cc3-c3cccc4sc5cc6ccccc6cc5c34)n2)cc1. The van der Waals surface area contributed by atoms with Crippen LogP contribution < -0.4 is 0 Å². The fourth-order valence-corrected chi connectivity index (χ4v) is 11.1. The fourth-order valence-electron chi connectivity index (χ4n) is 9.97. The number of nitrogens with zero attached hydrogens (tertiary/aromatic N) is 4. The van der Waals surface area contributed by atoms with Crippen LogP contribution in [0.2, 0.25) is 0 Å². The number of rotatable bonds is 5. The van der Waals surface area contributed by atoms with Crippen molar-refractivity contribution in [2.45, 2.75) is 0 Å². The standard InChI is InChI=1S/C59H34N4OS/c1-2-13-35(14-3-1)57-60-58(40-25-28-53-48(31-40)43-20-9-11-23-52(43)64-53)62-59(61-57)45-27-26-41(63-50-22-10-8-19-42(50)47-29-36-15-4-6-17-38(36)32-51(47)63)34-46(45)44-21-12-24-54-56(44)49-30-37-16-5-7-18-39(37)33-55(49)65-54/h1-34H. The van der Waals surface area contributed by atoms with Crippen LogP contribution in [0.3, 0.4) is 0 Å². The average molecular weight is 847 g/mol. The van der Waals surface area contributed by atoms with Crippen molar-refractivity contribution in [3.63, 3.8) is 0 Å². The predicted octanol–water partition coefficient (Wildman–Crippen LogP) is 16.2. The first kappa shape index (κ1) is 36.1. The molecule has 0 saturated heterocycles. The van der Waals surface area contributed by atoms with Crippen molar-refractivity contribution in [2.24, 2.45) is 0 Å². The van der Waals surface area contributed by atoms with E-state index in [1.54, 1.807) is 0 Å². The maximum absolute atomic E-state index is 6.24. The number of benzene rings is 10. The summed E-state index contributed by atoms with van der Waals surface area (Å²) in [6.45, 7) is 0. The zero-order valence-electron chi connectivity index (χ0n) is 34.7. The molecule has 0 atom stereocenters. The van der Waals surface area contributed by atoms with Gasteiger partial charge in [0.05, 0.1) is 11.0 Å². The van der Waals surface area contributed by atoms with Gasteiger partial charge in [0.1, 0.15) is 11.2 Å². The van der Waals surface area contributed by atoms with Crippen LogP contribution in [0.5, 0.6) is 0 Å². The highest BCUT2D eigenvalue weighted by atomic mass is 32.1. The lowest BCUT2D eigenvalue weighted by atomic mass is 9.93. The second-order valence-corrected chi connectivity index (χ2v) is 17.8. The highest BCUT2D eigenvalue weighted by Gasteiger charge is 2.22. The first-order valence-electron chi connectivity index (χ1n) is 21.8. The lowest BCUT2D eigenvalue weighted by molar-refractivity contribution is 0.669. The topological polar surface area (TPSA) is 56.7 Å². The molecular weight excluding hydrogens is 813 g/mol. The van der Waals surface area contributed by atoms with Gasteiger partial charge in [0, 0.05) is 64.1 Å². The Balaban J connectivity index is 1.07. The summed E-state index contributed by atoms with van der Waals surface area (Å²) in [6, 6.07) is 73.5. The zero-order valence-corrected chi connectivity index (χ0v) is 35.6. The van der Waals surface area contributed by atoms with Gasteiger partial charge in [0.25, 0.3) is 0 Å². The summed E-state index contributed by atoms with van der Waals surface area (Å²) in [6.07, 6.45) is 0. The number of aromatic nitrogens is 4. The van der Waals surface area contributed by atoms with E-state index >= 15 is 0 Å². The van der Waals surface area contributed by atoms with Gasteiger partial charge in [-0.05, 0) is 112 Å². The molecule has 6 heteroatoms. The van der Waals surface area contributed by atoms with E-state index in [9.17, 15) is 0 Å². The van der Waals surface area contributed by atoms with Crippen LogP contribution in [-0.2, 0) is 0 Å². The van der Waals surface area contributed by atoms with Gasteiger partial charge in [-0.1, -0.05) is 127 Å². The maximum atomic E-state index is 6.24. The van der Waals surface area contributed by atoms with Gasteiger partial charge in [-0.25, -0.2) is 15.0 Å². The number of fused-ring (bicyclic) bond motifs is 11. The first-order chi connectivity index (χ1) is 32.2. The molecule has 10 aromatic carbocycles. The Morgan fingerprint density at radius 3 is 1.85 bits per heavy atom. The van der Waals surface area contributed by atoms with Crippen LogP contribution in [0, 0.1) is 0 Å². The molecule has 0 aliphatic heterocycles. The van der Waals surface area contributed by atoms with Crippen molar-refractivity contribution in [3.8, 4) is 51.0 Å². The normalized spacial score (nSPS) is 12.0. The zero-order chi connectivity index (χ0) is 42.6. The lowest BCUT2D eigenvalue weighted by Gasteiger charge is -2.16. The third-order valence-electron chi connectivity index (χ3n) is 13.0. The van der Waals surface area contributed by atoms with Gasteiger partial charge in [-0.15, -0.1) is 11.3 Å². The Hall–Kier alpha value is -8.45. The van der Waals surface area contributed by atoms with Crippen molar-refractivity contribution in [2.75, 3.05) is 0 Å². The smallest absolute Gasteiger partial charge is 0.164 e. The molecule has 0 saturated carbocycles. The van der Waals surface area contributed by atoms with Crippen LogP contribution in [-0.4, -0.2) is 19.5 Å². The molecule has 4 aromatic heterocycles. The van der Waals surface area contributed by atoms with E-state index in [4.69, 9.17) is 19.4 Å². The molecule has 0 radical (unpaired) electrons. The summed E-state index contributed by atoms with van der Waals surface area (Å²) in [7, 11) is 0. The predicted molar refractivity (Wildman–Crippen MR) is 271 cm³/mol. The fraction of sp³-hybridized carbons (Fsp3) is 0. The van der Waals surface area contributed by atoms with Gasteiger partial charge in [0.2, 0.25) is 0 Å². The Morgan fingerprint density at radius 1 is 0.354 bits per heavy atom. The highest BCUT2D eigenvalue weighted by molar-refractivity contribution is 7.26. The van der Waals surface area contributed by atoms with E-state index < -0.39 is 0 Å². The number of para-hydroxylation sites is 2. The maximum Gasteiger partial charge on any atom is 0.164 e. The summed E-state index contributed by atoms with van der Waals surface area (Å²) in [5, 5.41) is 11.9. The molecular formula is C59H34N4OS. The van der Waals surface area contributed by atoms with Gasteiger partial charge in [-0.3, -0.25) is 0 Å². The Bertz CT molecular complexity index is 4260. The van der Waals surface area contributed by atoms with Gasteiger partial charge >= 0.3 is 0 Å². The van der Waals surface area contributed by atoms with Crippen LogP contribution in [0.4, 0.5) is 0 Å². The summed E-state index contributed by atoms with van der Waals surface area (Å²) in [5.41, 5.74) is 9.94. The van der Waals surface area contributed by atoms with Crippen LogP contribution in [0.1, 0.15) is 0 Å². The molecule has 0 aliphatic rings. The van der Waals surface area contributed by atoms with E-state index in [2.05, 4.69) is 168 Å². The van der Waals surface area contributed by atoms with E-state index in [1.165, 1.54) is 52.5 Å².